The number of para-hydroxylation sites is 1. The molecule has 2 unspecified atom stereocenters. The molecule has 0 N–H and O–H groups in total. The molecule has 3 aliphatic heterocycles. The van der Waals surface area contributed by atoms with Crippen LogP contribution in [0.2, 0.25) is 84.2 Å². The van der Waals surface area contributed by atoms with Crippen molar-refractivity contribution in [1.82, 2.24) is 0 Å². The Labute approximate surface area is 193 Å². The van der Waals surface area contributed by atoms with Crippen LogP contribution >= 0.6 is 0 Å². The van der Waals surface area contributed by atoms with E-state index in [1.54, 1.807) is 5.67 Å². The van der Waals surface area contributed by atoms with Crippen molar-refractivity contribution in [2.75, 3.05) is 0 Å². The van der Waals surface area contributed by atoms with Crippen LogP contribution in [0.1, 0.15) is 11.1 Å². The molecule has 8 heteroatoms. The van der Waals surface area contributed by atoms with E-state index in [-0.39, 0.29) is 0 Å². The molecule has 0 aromatic heterocycles. The summed E-state index contributed by atoms with van der Waals surface area (Å²) in [7, 11) is -7.75. The van der Waals surface area contributed by atoms with E-state index in [4.69, 9.17) is 4.99 Å². The van der Waals surface area contributed by atoms with Gasteiger partial charge in [-0.15, -0.1) is 0 Å². The Balaban J connectivity index is 2.46. The predicted octanol–water partition coefficient (Wildman–Crippen LogP) is 7.19. The first-order valence-corrected chi connectivity index (χ1v) is 38.3. The monoisotopic (exact) mass is 521 g/mol. The zero-order valence-electron chi connectivity index (χ0n) is 22.4. The van der Waals surface area contributed by atoms with Crippen molar-refractivity contribution in [3.05, 3.63) is 29.3 Å². The highest BCUT2D eigenvalue weighted by Gasteiger charge is 3.00. The SMILES string of the molecule is Cc1cccc(C)c1N=C1[Si]2([Si](C)(C)C)C[Si]1([Si](C)(C)C)[Si]2([Si](C)(C)C)[Si](C)(C)C. The van der Waals surface area contributed by atoms with Gasteiger partial charge in [0.15, 0.2) is 0 Å². The number of hydrogen-bond donors (Lipinski definition) is 0. The third-order valence-corrected chi connectivity index (χ3v) is 176. The van der Waals surface area contributed by atoms with Crippen LogP contribution in [0.25, 0.3) is 0 Å². The summed E-state index contributed by atoms with van der Waals surface area (Å²) in [6, 6.07) is 6.81. The van der Waals surface area contributed by atoms with Gasteiger partial charge in [-0.1, -0.05) is 102 Å². The summed E-state index contributed by atoms with van der Waals surface area (Å²) in [6.07, 6.45) is -1.23. The molecule has 168 valence electrons. The molecule has 3 saturated heterocycles. The summed E-state index contributed by atoms with van der Waals surface area (Å²) in [4.78, 5) is 7.90. The number of nitrogens with zero attached hydrogens (tertiary/aromatic N) is 1. The summed E-state index contributed by atoms with van der Waals surface area (Å²) < 4.78 is 0. The second kappa shape index (κ2) is 6.72. The lowest BCUT2D eigenvalue weighted by Crippen LogP contribution is -3.24. The fourth-order valence-corrected chi connectivity index (χ4v) is 346. The van der Waals surface area contributed by atoms with Gasteiger partial charge < -0.3 is 0 Å². The highest BCUT2D eigenvalue weighted by molar-refractivity contribution is 8.39. The average Bonchev–Trinajstić information content (AvgIpc) is 2.38. The van der Waals surface area contributed by atoms with E-state index in [1.807, 2.05) is 4.96 Å². The highest BCUT2D eigenvalue weighted by Crippen LogP contribution is 2.71. The maximum atomic E-state index is 5.88. The van der Waals surface area contributed by atoms with Crippen molar-refractivity contribution in [3.8, 4) is 0 Å². The molecule has 0 aliphatic carbocycles. The first kappa shape index (κ1) is 25.0. The molecular formula is C22H47NSi7. The Morgan fingerprint density at radius 1 is 0.633 bits per heavy atom. The van der Waals surface area contributed by atoms with Gasteiger partial charge in [0.25, 0.3) is 0 Å². The quantitative estimate of drug-likeness (QED) is 0.363. The van der Waals surface area contributed by atoms with Crippen LogP contribution in [0.3, 0.4) is 0 Å². The van der Waals surface area contributed by atoms with E-state index in [1.165, 1.54) is 16.8 Å². The molecule has 4 rings (SSSR count). The third-order valence-electron chi connectivity index (χ3n) is 9.09. The summed E-state index contributed by atoms with van der Waals surface area (Å²) in [5.74, 6) is 0. The summed E-state index contributed by atoms with van der Waals surface area (Å²) in [5, 5.41) is 0. The van der Waals surface area contributed by atoms with E-state index < -0.39 is 50.7 Å². The zero-order chi connectivity index (χ0) is 23.3. The van der Waals surface area contributed by atoms with E-state index >= 15 is 0 Å². The van der Waals surface area contributed by atoms with Crippen molar-refractivity contribution < 1.29 is 0 Å². The second-order valence-corrected chi connectivity index (χ2v) is 89.7. The Morgan fingerprint density at radius 2 is 1.00 bits per heavy atom. The van der Waals surface area contributed by atoms with Crippen LogP contribution < -0.4 is 0 Å². The molecule has 0 saturated carbocycles. The van der Waals surface area contributed by atoms with Crippen LogP contribution in [-0.4, -0.2) is 55.7 Å². The standard InChI is InChI=1S/C22H47NSi7/c1-19-16-15-17-20(2)21(19)23-22-28(24(3,4)5)18-29(22,25(6,7)8)30(28,26(9,10)11)27(12,13)14/h15-17H,18H2,1-14H3. The van der Waals surface area contributed by atoms with Crippen LogP contribution in [0.5, 0.6) is 0 Å². The maximum Gasteiger partial charge on any atom is 0.0766 e. The van der Waals surface area contributed by atoms with Gasteiger partial charge in [0, 0.05) is 36.5 Å². The lowest BCUT2D eigenvalue weighted by Gasteiger charge is -2.93. The minimum atomic E-state index is -1.40. The highest BCUT2D eigenvalue weighted by atomic mass is 30.3. The van der Waals surface area contributed by atoms with Crippen molar-refractivity contribution in [2.24, 2.45) is 4.99 Å². The van der Waals surface area contributed by atoms with Gasteiger partial charge in [-0.25, -0.2) is 0 Å². The Bertz CT molecular complexity index is 845. The molecule has 0 radical (unpaired) electrons. The molecule has 0 amide bonds. The van der Waals surface area contributed by atoms with Gasteiger partial charge in [-0.3, -0.25) is 4.99 Å². The zero-order valence-corrected chi connectivity index (χ0v) is 29.4. The molecule has 3 fully saturated rings. The van der Waals surface area contributed by atoms with Crippen LogP contribution in [0.15, 0.2) is 23.2 Å². The van der Waals surface area contributed by atoms with Crippen molar-refractivity contribution >= 4 is 61.4 Å². The number of benzene rings is 1. The van der Waals surface area contributed by atoms with Gasteiger partial charge in [-0.2, -0.15) is 0 Å². The minimum absolute atomic E-state index is 1.21. The summed E-state index contributed by atoms with van der Waals surface area (Å²) in [6.45, 7) is 38.3. The molecule has 30 heavy (non-hydrogen) atoms. The summed E-state index contributed by atoms with van der Waals surface area (Å²) >= 11 is 0. The van der Waals surface area contributed by atoms with Gasteiger partial charge in [0.05, 0.1) is 19.9 Å². The van der Waals surface area contributed by atoms with Crippen LogP contribution in [0.4, 0.5) is 5.69 Å². The molecule has 3 heterocycles. The molecule has 1 nitrogen and oxygen atoms in total. The van der Waals surface area contributed by atoms with E-state index in [9.17, 15) is 0 Å². The van der Waals surface area contributed by atoms with Gasteiger partial charge in [-0.05, 0) is 29.9 Å². The van der Waals surface area contributed by atoms with E-state index in [0.717, 1.165) is 0 Å². The van der Waals surface area contributed by atoms with Crippen LogP contribution in [0, 0.1) is 13.8 Å². The molecule has 2 bridgehead atoms. The number of hydrogen-bond acceptors (Lipinski definition) is 1. The largest absolute Gasteiger partial charge is 0.268 e. The first-order chi connectivity index (χ1) is 13.2. The molecule has 2 atom stereocenters. The van der Waals surface area contributed by atoms with Gasteiger partial charge in [0.1, 0.15) is 0 Å². The topological polar surface area (TPSA) is 12.4 Å². The van der Waals surface area contributed by atoms with Gasteiger partial charge >= 0.3 is 0 Å². The third kappa shape index (κ3) is 2.61. The molecule has 1 aromatic rings. The van der Waals surface area contributed by atoms with Crippen molar-refractivity contribution in [2.45, 2.75) is 98.1 Å². The molecule has 0 spiro atoms. The fourth-order valence-electron chi connectivity index (χ4n) is 8.97. The average molecular weight is 522 g/mol. The number of aryl methyl sites for hydroxylation is 2. The second-order valence-electron chi connectivity index (χ2n) is 14.4. The first-order valence-electron chi connectivity index (χ1n) is 11.9. The number of aliphatic imine (C=N–C) groups is 1. The lowest BCUT2D eigenvalue weighted by atomic mass is 10.1. The summed E-state index contributed by atoms with van der Waals surface area (Å²) in [5.41, 5.74) is 5.96. The van der Waals surface area contributed by atoms with Crippen molar-refractivity contribution in [1.29, 1.82) is 0 Å². The molecule has 3 aliphatic rings. The van der Waals surface area contributed by atoms with Crippen molar-refractivity contribution in [3.63, 3.8) is 0 Å². The smallest absolute Gasteiger partial charge is 0.0766 e. The Hall–Kier alpha value is 0.408. The Kier molecular flexibility index (Phi) is 5.61. The maximum absolute atomic E-state index is 5.88. The minimum Gasteiger partial charge on any atom is -0.268 e. The van der Waals surface area contributed by atoms with E-state index in [2.05, 4.69) is 111 Å². The van der Waals surface area contributed by atoms with Gasteiger partial charge in [0.2, 0.25) is 0 Å². The van der Waals surface area contributed by atoms with Crippen LogP contribution in [-0.2, 0) is 0 Å². The van der Waals surface area contributed by atoms with E-state index in [0.29, 0.717) is 0 Å². The normalized spacial score (nSPS) is 28.7. The molecule has 1 aromatic carbocycles. The lowest BCUT2D eigenvalue weighted by molar-refractivity contribution is 1.33. The predicted molar refractivity (Wildman–Crippen MR) is 158 cm³/mol. The fraction of sp³-hybridized carbons (Fsp3) is 0.682. The molecular weight excluding hydrogens is 475 g/mol. The number of rotatable bonds is 5. The Morgan fingerprint density at radius 3 is 1.30 bits per heavy atom.